The zero-order valence-electron chi connectivity index (χ0n) is 12.6. The zero-order chi connectivity index (χ0) is 14.7. The molecule has 0 aromatic carbocycles. The van der Waals surface area contributed by atoms with Gasteiger partial charge in [-0.25, -0.2) is 15.0 Å². The third kappa shape index (κ3) is 3.12. The van der Waals surface area contributed by atoms with Crippen molar-refractivity contribution in [2.45, 2.75) is 50.8 Å². The van der Waals surface area contributed by atoms with Gasteiger partial charge in [0.25, 0.3) is 5.22 Å². The predicted octanol–water partition coefficient (Wildman–Crippen LogP) is 3.54. The van der Waals surface area contributed by atoms with E-state index in [9.17, 15) is 0 Å². The van der Waals surface area contributed by atoms with Gasteiger partial charge in [0.1, 0.15) is 22.4 Å². The van der Waals surface area contributed by atoms with E-state index in [1.807, 2.05) is 27.8 Å². The molecule has 0 unspecified atom stereocenters. The van der Waals surface area contributed by atoms with Crippen LogP contribution in [0.1, 0.15) is 36.2 Å². The van der Waals surface area contributed by atoms with E-state index >= 15 is 0 Å². The summed E-state index contributed by atoms with van der Waals surface area (Å²) in [5, 5.41) is 4.65. The topological polar surface area (TPSA) is 63.8 Å². The summed E-state index contributed by atoms with van der Waals surface area (Å²) < 4.78 is 5.62. The molecular weight excluding hydrogens is 272 g/mol. The number of aryl methyl sites for hydroxylation is 3. The Morgan fingerprint density at radius 1 is 1.15 bits per heavy atom. The SMILES string of the molecule is CCCc1nc(NC)c(C)c(Sc2nc(C)c(C)o2)n1. The van der Waals surface area contributed by atoms with Gasteiger partial charge in [-0.05, 0) is 39.0 Å². The number of hydrogen-bond acceptors (Lipinski definition) is 6. The molecule has 0 radical (unpaired) electrons. The summed E-state index contributed by atoms with van der Waals surface area (Å²) in [5.41, 5.74) is 1.94. The monoisotopic (exact) mass is 292 g/mol. The van der Waals surface area contributed by atoms with E-state index in [2.05, 4.69) is 27.2 Å². The van der Waals surface area contributed by atoms with Gasteiger partial charge in [0.15, 0.2) is 0 Å². The van der Waals surface area contributed by atoms with Crippen LogP contribution >= 0.6 is 11.8 Å². The average molecular weight is 292 g/mol. The summed E-state index contributed by atoms with van der Waals surface area (Å²) in [7, 11) is 1.87. The summed E-state index contributed by atoms with van der Waals surface area (Å²) in [4.78, 5) is 13.5. The largest absolute Gasteiger partial charge is 0.436 e. The number of aromatic nitrogens is 3. The van der Waals surface area contributed by atoms with Crippen LogP contribution in [0.15, 0.2) is 14.7 Å². The summed E-state index contributed by atoms with van der Waals surface area (Å²) in [6.45, 7) is 7.99. The average Bonchev–Trinajstić information content (AvgIpc) is 2.72. The Morgan fingerprint density at radius 2 is 1.90 bits per heavy atom. The first-order valence-electron chi connectivity index (χ1n) is 6.72. The predicted molar refractivity (Wildman–Crippen MR) is 80.4 cm³/mol. The van der Waals surface area contributed by atoms with Crippen LogP contribution in [0.5, 0.6) is 0 Å². The van der Waals surface area contributed by atoms with E-state index in [1.165, 1.54) is 11.8 Å². The highest BCUT2D eigenvalue weighted by molar-refractivity contribution is 7.99. The van der Waals surface area contributed by atoms with Crippen molar-refractivity contribution in [2.24, 2.45) is 0 Å². The third-order valence-electron chi connectivity index (χ3n) is 3.05. The van der Waals surface area contributed by atoms with Gasteiger partial charge >= 0.3 is 0 Å². The number of oxazole rings is 1. The van der Waals surface area contributed by atoms with Crippen LogP contribution in [0.2, 0.25) is 0 Å². The van der Waals surface area contributed by atoms with Gasteiger partial charge in [-0.1, -0.05) is 6.92 Å². The minimum absolute atomic E-state index is 0.631. The molecule has 2 heterocycles. The van der Waals surface area contributed by atoms with Crippen molar-refractivity contribution in [3.63, 3.8) is 0 Å². The van der Waals surface area contributed by atoms with E-state index in [4.69, 9.17) is 4.42 Å². The van der Waals surface area contributed by atoms with Gasteiger partial charge in [-0.3, -0.25) is 0 Å². The molecule has 2 aromatic rings. The second kappa shape index (κ2) is 6.26. The summed E-state index contributed by atoms with van der Waals surface area (Å²) >= 11 is 1.45. The summed E-state index contributed by atoms with van der Waals surface area (Å²) in [6.07, 6.45) is 1.89. The van der Waals surface area contributed by atoms with Crippen LogP contribution in [0, 0.1) is 20.8 Å². The fourth-order valence-corrected chi connectivity index (χ4v) is 2.70. The molecule has 0 aliphatic heterocycles. The number of nitrogens with zero attached hydrogens (tertiary/aromatic N) is 3. The van der Waals surface area contributed by atoms with Crippen molar-refractivity contribution in [1.82, 2.24) is 15.0 Å². The lowest BCUT2D eigenvalue weighted by atomic mass is 10.3. The van der Waals surface area contributed by atoms with Crippen LogP contribution in [-0.4, -0.2) is 22.0 Å². The molecular formula is C14H20N4OS. The molecule has 5 nitrogen and oxygen atoms in total. The fraction of sp³-hybridized carbons (Fsp3) is 0.500. The lowest BCUT2D eigenvalue weighted by Crippen LogP contribution is -2.04. The van der Waals surface area contributed by atoms with Gasteiger partial charge in [0.2, 0.25) is 0 Å². The molecule has 108 valence electrons. The molecule has 1 N–H and O–H groups in total. The van der Waals surface area contributed by atoms with E-state index in [1.54, 1.807) is 0 Å². The van der Waals surface area contributed by atoms with Crippen molar-refractivity contribution in [3.8, 4) is 0 Å². The van der Waals surface area contributed by atoms with Gasteiger partial charge in [-0.2, -0.15) is 0 Å². The quantitative estimate of drug-likeness (QED) is 0.850. The van der Waals surface area contributed by atoms with Crippen LogP contribution < -0.4 is 5.32 Å². The van der Waals surface area contributed by atoms with Crippen LogP contribution in [0.4, 0.5) is 5.82 Å². The molecule has 0 bridgehead atoms. The molecule has 0 aliphatic rings. The van der Waals surface area contributed by atoms with E-state index in [0.717, 1.165) is 46.5 Å². The molecule has 0 atom stereocenters. The Labute approximate surface area is 123 Å². The van der Waals surface area contributed by atoms with Gasteiger partial charge in [0, 0.05) is 19.0 Å². The molecule has 0 fully saturated rings. The molecule has 0 spiro atoms. The fourth-order valence-electron chi connectivity index (χ4n) is 1.79. The van der Waals surface area contributed by atoms with Crippen molar-refractivity contribution < 1.29 is 4.42 Å². The highest BCUT2D eigenvalue weighted by atomic mass is 32.2. The highest BCUT2D eigenvalue weighted by Gasteiger charge is 2.14. The maximum absolute atomic E-state index is 5.62. The van der Waals surface area contributed by atoms with E-state index < -0.39 is 0 Å². The standard InChI is InChI=1S/C14H20N4OS/c1-6-7-11-17-12(15-5)8(2)13(18-11)20-14-16-9(3)10(4)19-14/h6-7H2,1-5H3,(H,15,17,18). The number of anilines is 1. The first kappa shape index (κ1) is 14.8. The van der Waals surface area contributed by atoms with Crippen molar-refractivity contribution in [2.75, 3.05) is 12.4 Å². The van der Waals surface area contributed by atoms with Crippen molar-refractivity contribution >= 4 is 17.6 Å². The Balaban J connectivity index is 2.36. The molecule has 6 heteroatoms. The molecule has 2 aromatic heterocycles. The number of rotatable bonds is 5. The van der Waals surface area contributed by atoms with Crippen LogP contribution in [0.3, 0.4) is 0 Å². The molecule has 0 amide bonds. The molecule has 20 heavy (non-hydrogen) atoms. The zero-order valence-corrected chi connectivity index (χ0v) is 13.4. The smallest absolute Gasteiger partial charge is 0.262 e. The molecule has 0 saturated heterocycles. The minimum atomic E-state index is 0.631. The maximum atomic E-state index is 5.62. The van der Waals surface area contributed by atoms with E-state index in [-0.39, 0.29) is 0 Å². The Bertz CT molecular complexity index is 590. The number of hydrogen-bond donors (Lipinski definition) is 1. The maximum Gasteiger partial charge on any atom is 0.262 e. The summed E-state index contributed by atoms with van der Waals surface area (Å²) in [6, 6.07) is 0. The molecule has 2 rings (SSSR count). The van der Waals surface area contributed by atoms with Crippen molar-refractivity contribution in [3.05, 3.63) is 22.8 Å². The first-order chi connectivity index (χ1) is 9.55. The Hall–Kier alpha value is -1.56. The first-order valence-corrected chi connectivity index (χ1v) is 7.54. The second-order valence-corrected chi connectivity index (χ2v) is 5.58. The lowest BCUT2D eigenvalue weighted by Gasteiger charge is -2.10. The second-order valence-electron chi connectivity index (χ2n) is 4.64. The highest BCUT2D eigenvalue weighted by Crippen LogP contribution is 2.31. The van der Waals surface area contributed by atoms with E-state index in [0.29, 0.717) is 5.22 Å². The van der Waals surface area contributed by atoms with Gasteiger partial charge in [0.05, 0.1) is 5.69 Å². The Morgan fingerprint density at radius 3 is 2.45 bits per heavy atom. The van der Waals surface area contributed by atoms with Crippen LogP contribution in [-0.2, 0) is 6.42 Å². The Kier molecular flexibility index (Phi) is 4.65. The summed E-state index contributed by atoms with van der Waals surface area (Å²) in [5.74, 6) is 2.57. The van der Waals surface area contributed by atoms with Crippen LogP contribution in [0.25, 0.3) is 0 Å². The van der Waals surface area contributed by atoms with Gasteiger partial charge in [-0.15, -0.1) is 0 Å². The normalized spacial score (nSPS) is 10.8. The third-order valence-corrected chi connectivity index (χ3v) is 3.99. The van der Waals surface area contributed by atoms with Crippen molar-refractivity contribution in [1.29, 1.82) is 0 Å². The van der Waals surface area contributed by atoms with Gasteiger partial charge < -0.3 is 9.73 Å². The minimum Gasteiger partial charge on any atom is -0.436 e. The molecule has 0 aliphatic carbocycles. The lowest BCUT2D eigenvalue weighted by molar-refractivity contribution is 0.431. The number of nitrogens with one attached hydrogen (secondary N) is 1. The molecule has 0 saturated carbocycles.